The monoisotopic (exact) mass is 384 g/mol. The number of pyridine rings is 2. The first kappa shape index (κ1) is 18.0. The molecule has 0 atom stereocenters. The van der Waals surface area contributed by atoms with E-state index in [0.29, 0.717) is 10.7 Å². The number of hydrogen-bond donors (Lipinski definition) is 1. The van der Waals surface area contributed by atoms with Crippen molar-refractivity contribution in [2.24, 2.45) is 0 Å². The first-order chi connectivity index (χ1) is 13.5. The maximum Gasteiger partial charge on any atom is 0.140 e. The van der Waals surface area contributed by atoms with E-state index in [1.54, 1.807) is 18.5 Å². The number of aryl methyl sites for hydroxylation is 2. The summed E-state index contributed by atoms with van der Waals surface area (Å²) in [6, 6.07) is 17.9. The van der Waals surface area contributed by atoms with Crippen molar-refractivity contribution >= 4 is 33.9 Å². The van der Waals surface area contributed by atoms with Gasteiger partial charge in [0.2, 0.25) is 0 Å². The zero-order chi connectivity index (χ0) is 19.7. The van der Waals surface area contributed by atoms with E-state index >= 15 is 0 Å². The van der Waals surface area contributed by atoms with Crippen molar-refractivity contribution < 1.29 is 0 Å². The molecule has 4 aromatic rings. The standard InChI is InChI=1S/C23H17ClN4/c1-14-3-4-15(2)22(9-14)28-23-19-10-16(6-8-21(19)27-13-20(23)24)17-5-7-18(11-25)26-12-17/h3-10,12-13H,1-2H3,(H,27,28). The zero-order valence-electron chi connectivity index (χ0n) is 15.5. The summed E-state index contributed by atoms with van der Waals surface area (Å²) in [5.41, 5.74) is 7.31. The Hall–Kier alpha value is -3.42. The van der Waals surface area contributed by atoms with Crippen molar-refractivity contribution in [1.29, 1.82) is 5.26 Å². The molecule has 2 heterocycles. The smallest absolute Gasteiger partial charge is 0.140 e. The highest BCUT2D eigenvalue weighted by atomic mass is 35.5. The minimum Gasteiger partial charge on any atom is -0.353 e. The van der Waals surface area contributed by atoms with Gasteiger partial charge in [-0.1, -0.05) is 29.8 Å². The molecule has 1 N–H and O–H groups in total. The molecule has 0 aliphatic heterocycles. The van der Waals surface area contributed by atoms with E-state index in [1.165, 1.54) is 5.56 Å². The lowest BCUT2D eigenvalue weighted by Gasteiger charge is -2.15. The summed E-state index contributed by atoms with van der Waals surface area (Å²) < 4.78 is 0. The molecule has 0 amide bonds. The molecule has 5 heteroatoms. The normalized spacial score (nSPS) is 10.6. The molecular formula is C23H17ClN4. The minimum atomic E-state index is 0.395. The van der Waals surface area contributed by atoms with Gasteiger partial charge in [-0.3, -0.25) is 4.98 Å². The number of nitrogens with one attached hydrogen (secondary N) is 1. The molecule has 0 spiro atoms. The van der Waals surface area contributed by atoms with Crippen LogP contribution in [0, 0.1) is 25.2 Å². The Morgan fingerprint density at radius 2 is 1.75 bits per heavy atom. The lowest BCUT2D eigenvalue weighted by molar-refractivity contribution is 1.26. The van der Waals surface area contributed by atoms with Gasteiger partial charge in [-0.05, 0) is 60.9 Å². The molecule has 0 radical (unpaired) electrons. The highest BCUT2D eigenvalue weighted by Crippen LogP contribution is 2.35. The van der Waals surface area contributed by atoms with Gasteiger partial charge in [-0.25, -0.2) is 4.98 Å². The second-order valence-electron chi connectivity index (χ2n) is 6.70. The largest absolute Gasteiger partial charge is 0.353 e. The summed E-state index contributed by atoms with van der Waals surface area (Å²) in [7, 11) is 0. The molecule has 28 heavy (non-hydrogen) atoms. The van der Waals surface area contributed by atoms with Crippen molar-refractivity contribution in [3.63, 3.8) is 0 Å². The number of nitrogens with zero attached hydrogens (tertiary/aromatic N) is 3. The van der Waals surface area contributed by atoms with E-state index in [4.69, 9.17) is 16.9 Å². The molecule has 4 nitrogen and oxygen atoms in total. The number of halogens is 1. The Kier molecular flexibility index (Phi) is 4.68. The van der Waals surface area contributed by atoms with Crippen molar-refractivity contribution in [2.45, 2.75) is 13.8 Å². The molecule has 0 aliphatic rings. The van der Waals surface area contributed by atoms with Crippen LogP contribution in [-0.4, -0.2) is 9.97 Å². The fraction of sp³-hybridized carbons (Fsp3) is 0.0870. The average Bonchev–Trinajstić information content (AvgIpc) is 2.72. The first-order valence-electron chi connectivity index (χ1n) is 8.84. The van der Waals surface area contributed by atoms with Crippen LogP contribution >= 0.6 is 11.6 Å². The van der Waals surface area contributed by atoms with Crippen molar-refractivity contribution in [3.05, 3.63) is 82.8 Å². The minimum absolute atomic E-state index is 0.395. The second-order valence-corrected chi connectivity index (χ2v) is 7.11. The Balaban J connectivity index is 1.84. The van der Waals surface area contributed by atoms with E-state index in [2.05, 4.69) is 47.3 Å². The van der Waals surface area contributed by atoms with Crippen LogP contribution in [0.3, 0.4) is 0 Å². The third-order valence-electron chi connectivity index (χ3n) is 4.69. The fourth-order valence-corrected chi connectivity index (χ4v) is 3.31. The number of fused-ring (bicyclic) bond motifs is 1. The lowest BCUT2D eigenvalue weighted by Crippen LogP contribution is -1.97. The van der Waals surface area contributed by atoms with Crippen LogP contribution in [0.1, 0.15) is 16.8 Å². The van der Waals surface area contributed by atoms with Crippen LogP contribution in [0.4, 0.5) is 11.4 Å². The van der Waals surface area contributed by atoms with Gasteiger partial charge < -0.3 is 5.32 Å². The van der Waals surface area contributed by atoms with Gasteiger partial charge in [0.1, 0.15) is 11.8 Å². The fourth-order valence-electron chi connectivity index (χ4n) is 3.11. The zero-order valence-corrected chi connectivity index (χ0v) is 16.2. The molecule has 0 unspecified atom stereocenters. The summed E-state index contributed by atoms with van der Waals surface area (Å²) in [6.07, 6.45) is 3.37. The van der Waals surface area contributed by atoms with E-state index in [9.17, 15) is 0 Å². The van der Waals surface area contributed by atoms with Crippen LogP contribution in [0.2, 0.25) is 5.02 Å². The van der Waals surface area contributed by atoms with Crippen LogP contribution in [0.15, 0.2) is 60.9 Å². The predicted octanol–water partition coefficient (Wildman–Crippen LogP) is 6.18. The number of aromatic nitrogens is 2. The molecule has 0 aliphatic carbocycles. The number of nitriles is 1. The molecule has 0 saturated heterocycles. The summed E-state index contributed by atoms with van der Waals surface area (Å²) in [5.74, 6) is 0. The van der Waals surface area contributed by atoms with Gasteiger partial charge in [0, 0.05) is 29.0 Å². The van der Waals surface area contributed by atoms with Crippen LogP contribution in [0.25, 0.3) is 22.0 Å². The number of hydrogen-bond acceptors (Lipinski definition) is 4. The third-order valence-corrected chi connectivity index (χ3v) is 4.97. The molecule has 136 valence electrons. The Morgan fingerprint density at radius 1 is 0.929 bits per heavy atom. The lowest BCUT2D eigenvalue weighted by atomic mass is 10.0. The molecule has 2 aromatic heterocycles. The maximum absolute atomic E-state index is 8.95. The van der Waals surface area contributed by atoms with Crippen LogP contribution in [-0.2, 0) is 0 Å². The first-order valence-corrected chi connectivity index (χ1v) is 9.22. The second kappa shape index (κ2) is 7.30. The Morgan fingerprint density at radius 3 is 2.50 bits per heavy atom. The van der Waals surface area contributed by atoms with Gasteiger partial charge in [-0.2, -0.15) is 5.26 Å². The number of anilines is 2. The predicted molar refractivity (Wildman–Crippen MR) is 114 cm³/mol. The third kappa shape index (κ3) is 3.40. The topological polar surface area (TPSA) is 61.6 Å². The van der Waals surface area contributed by atoms with Gasteiger partial charge in [0.05, 0.1) is 16.2 Å². The quantitative estimate of drug-likeness (QED) is 0.458. The Labute approximate surface area is 168 Å². The van der Waals surface area contributed by atoms with Crippen molar-refractivity contribution in [1.82, 2.24) is 9.97 Å². The van der Waals surface area contributed by atoms with Crippen LogP contribution in [0.5, 0.6) is 0 Å². The molecule has 4 rings (SSSR count). The molecule has 0 saturated carbocycles. The Bertz CT molecular complexity index is 1220. The van der Waals surface area contributed by atoms with E-state index in [1.807, 2.05) is 30.3 Å². The number of benzene rings is 2. The van der Waals surface area contributed by atoms with Crippen molar-refractivity contribution in [2.75, 3.05) is 5.32 Å². The summed E-state index contributed by atoms with van der Waals surface area (Å²) in [5, 5.41) is 13.9. The summed E-state index contributed by atoms with van der Waals surface area (Å²) >= 11 is 6.51. The van der Waals surface area contributed by atoms with Gasteiger partial charge in [-0.15, -0.1) is 0 Å². The number of rotatable bonds is 3. The highest BCUT2D eigenvalue weighted by molar-refractivity contribution is 6.34. The van der Waals surface area contributed by atoms with E-state index in [0.717, 1.165) is 39.0 Å². The van der Waals surface area contributed by atoms with Gasteiger partial charge in [0.25, 0.3) is 0 Å². The highest BCUT2D eigenvalue weighted by Gasteiger charge is 2.11. The summed E-state index contributed by atoms with van der Waals surface area (Å²) in [4.78, 5) is 8.62. The molecule has 0 bridgehead atoms. The van der Waals surface area contributed by atoms with E-state index in [-0.39, 0.29) is 0 Å². The average molecular weight is 385 g/mol. The molecule has 0 fully saturated rings. The SMILES string of the molecule is Cc1ccc(C)c(Nc2c(Cl)cnc3ccc(-c4ccc(C#N)nc4)cc23)c1. The molecule has 2 aromatic carbocycles. The van der Waals surface area contributed by atoms with E-state index < -0.39 is 0 Å². The van der Waals surface area contributed by atoms with Crippen molar-refractivity contribution in [3.8, 4) is 17.2 Å². The van der Waals surface area contributed by atoms with Gasteiger partial charge in [0.15, 0.2) is 0 Å². The maximum atomic E-state index is 8.95. The molecular weight excluding hydrogens is 368 g/mol. The van der Waals surface area contributed by atoms with Crippen LogP contribution < -0.4 is 5.32 Å². The summed E-state index contributed by atoms with van der Waals surface area (Å²) in [6.45, 7) is 4.12. The van der Waals surface area contributed by atoms with Gasteiger partial charge >= 0.3 is 0 Å².